The van der Waals surface area contributed by atoms with E-state index in [1.807, 2.05) is 0 Å². The van der Waals surface area contributed by atoms with E-state index in [1.54, 1.807) is 0 Å². The molecule has 0 atom stereocenters. The Bertz CT molecular complexity index is 319. The number of rotatable bonds is 10. The molecule has 0 heterocycles. The molecular weight excluding hydrogens is 304 g/mol. The normalized spacial score (nSPS) is 23.5. The Balaban J connectivity index is 2.22. The van der Waals surface area contributed by atoms with Crippen LogP contribution in [-0.4, -0.2) is 33.2 Å². The number of hydrogen-bond acceptors (Lipinski definition) is 4. The molecule has 2 fully saturated rings. The van der Waals surface area contributed by atoms with E-state index in [4.69, 9.17) is 8.85 Å². The Hall–Kier alpha value is 0.0569. The van der Waals surface area contributed by atoms with Crippen LogP contribution in [0.15, 0.2) is 0 Å². The zero-order valence-corrected chi connectivity index (χ0v) is 16.8. The number of nitrogens with one attached hydrogen (secondary N) is 2. The summed E-state index contributed by atoms with van der Waals surface area (Å²) in [6.07, 6.45) is 12.6. The summed E-state index contributed by atoms with van der Waals surface area (Å²) in [6.45, 7) is 10.2. The van der Waals surface area contributed by atoms with Gasteiger partial charge in [0.25, 0.3) is 0 Å². The van der Waals surface area contributed by atoms with E-state index in [0.717, 1.165) is 12.8 Å². The van der Waals surface area contributed by atoms with E-state index in [-0.39, 0.29) is 11.1 Å². The smallest absolute Gasteiger partial charge is 0.371 e. The van der Waals surface area contributed by atoms with Gasteiger partial charge in [-0.1, -0.05) is 39.5 Å². The SMILES string of the molecule is CCO[Si](NC1(CC)CCCC1)(NC1(CC)CCCC1)OCC. The molecule has 136 valence electrons. The first-order valence-electron chi connectivity index (χ1n) is 9.94. The fourth-order valence-corrected chi connectivity index (χ4v) is 8.06. The van der Waals surface area contributed by atoms with Gasteiger partial charge in [0.1, 0.15) is 0 Å². The van der Waals surface area contributed by atoms with Crippen molar-refractivity contribution in [2.75, 3.05) is 13.2 Å². The van der Waals surface area contributed by atoms with Crippen molar-refractivity contribution in [1.29, 1.82) is 0 Å². The van der Waals surface area contributed by atoms with Crippen LogP contribution in [0, 0.1) is 0 Å². The number of hydrogen-bond donors (Lipinski definition) is 2. The predicted molar refractivity (Wildman–Crippen MR) is 98.3 cm³/mol. The van der Waals surface area contributed by atoms with Crippen LogP contribution in [0.25, 0.3) is 0 Å². The molecule has 0 aromatic heterocycles. The van der Waals surface area contributed by atoms with Gasteiger partial charge in [-0.05, 0) is 52.4 Å². The highest BCUT2D eigenvalue weighted by Crippen LogP contribution is 2.36. The van der Waals surface area contributed by atoms with Gasteiger partial charge < -0.3 is 8.85 Å². The van der Waals surface area contributed by atoms with E-state index >= 15 is 0 Å². The van der Waals surface area contributed by atoms with Crippen molar-refractivity contribution in [1.82, 2.24) is 9.96 Å². The van der Waals surface area contributed by atoms with Crippen LogP contribution >= 0.6 is 0 Å². The van der Waals surface area contributed by atoms with Gasteiger partial charge in [0.15, 0.2) is 0 Å². The van der Waals surface area contributed by atoms with Gasteiger partial charge >= 0.3 is 8.88 Å². The Morgan fingerprint density at radius 2 is 1.04 bits per heavy atom. The molecule has 2 aliphatic carbocycles. The average molecular weight is 343 g/mol. The molecular formula is C18H38N2O2Si. The van der Waals surface area contributed by atoms with Gasteiger partial charge in [0.05, 0.1) is 0 Å². The molecule has 0 spiro atoms. The van der Waals surface area contributed by atoms with Gasteiger partial charge in [-0.15, -0.1) is 0 Å². The highest BCUT2D eigenvalue weighted by atomic mass is 28.4. The minimum absolute atomic E-state index is 0.205. The van der Waals surface area contributed by atoms with Gasteiger partial charge in [0, 0.05) is 24.3 Å². The van der Waals surface area contributed by atoms with Crippen LogP contribution in [0.1, 0.15) is 91.9 Å². The van der Waals surface area contributed by atoms with E-state index in [0.29, 0.717) is 13.2 Å². The van der Waals surface area contributed by atoms with Crippen molar-refractivity contribution in [2.45, 2.75) is 103 Å². The third kappa shape index (κ3) is 4.57. The molecule has 0 aromatic rings. The fourth-order valence-electron chi connectivity index (χ4n) is 4.56. The summed E-state index contributed by atoms with van der Waals surface area (Å²) >= 11 is 0. The lowest BCUT2D eigenvalue weighted by molar-refractivity contribution is 0.125. The first-order valence-corrected chi connectivity index (χ1v) is 11.8. The second kappa shape index (κ2) is 8.43. The van der Waals surface area contributed by atoms with E-state index in [1.165, 1.54) is 51.4 Å². The van der Waals surface area contributed by atoms with Crippen LogP contribution in [0.3, 0.4) is 0 Å². The quantitative estimate of drug-likeness (QED) is 0.586. The second-order valence-electron chi connectivity index (χ2n) is 7.41. The van der Waals surface area contributed by atoms with Crippen molar-refractivity contribution in [2.24, 2.45) is 0 Å². The van der Waals surface area contributed by atoms with E-state index in [9.17, 15) is 0 Å². The molecule has 2 aliphatic rings. The molecule has 0 aromatic carbocycles. The van der Waals surface area contributed by atoms with Gasteiger partial charge in [-0.2, -0.15) is 0 Å². The monoisotopic (exact) mass is 342 g/mol. The first kappa shape index (κ1) is 19.4. The summed E-state index contributed by atoms with van der Waals surface area (Å²) in [6, 6.07) is 0. The average Bonchev–Trinajstić information content (AvgIpc) is 3.18. The second-order valence-corrected chi connectivity index (χ2v) is 9.73. The lowest BCUT2D eigenvalue weighted by Crippen LogP contribution is -2.76. The topological polar surface area (TPSA) is 42.5 Å². The summed E-state index contributed by atoms with van der Waals surface area (Å²) in [5.74, 6) is 0. The van der Waals surface area contributed by atoms with E-state index in [2.05, 4.69) is 37.7 Å². The molecule has 2 N–H and O–H groups in total. The van der Waals surface area contributed by atoms with E-state index < -0.39 is 8.88 Å². The standard InChI is InChI=1S/C18H38N2O2Si/c1-5-17(13-9-10-14-17)19-23(21-7-3,22-8-4)20-18(6-2)15-11-12-16-18/h19-20H,5-16H2,1-4H3. The van der Waals surface area contributed by atoms with Crippen LogP contribution < -0.4 is 9.96 Å². The van der Waals surface area contributed by atoms with Crippen LogP contribution in [-0.2, 0) is 8.85 Å². The molecule has 2 saturated carbocycles. The largest absolute Gasteiger partial charge is 0.517 e. The first-order chi connectivity index (χ1) is 11.1. The zero-order valence-electron chi connectivity index (χ0n) is 15.8. The van der Waals surface area contributed by atoms with Gasteiger partial charge in [-0.3, -0.25) is 9.96 Å². The predicted octanol–water partition coefficient (Wildman–Crippen LogP) is 4.12. The summed E-state index contributed by atoms with van der Waals surface area (Å²) in [4.78, 5) is 7.93. The third-order valence-corrected chi connectivity index (χ3v) is 9.14. The zero-order chi connectivity index (χ0) is 16.8. The molecule has 0 radical (unpaired) electrons. The molecule has 0 aliphatic heterocycles. The highest BCUT2D eigenvalue weighted by Gasteiger charge is 2.52. The molecule has 0 saturated heterocycles. The Labute approximate surface area is 144 Å². The lowest BCUT2D eigenvalue weighted by atomic mass is 9.96. The lowest BCUT2D eigenvalue weighted by Gasteiger charge is -2.44. The fraction of sp³-hybridized carbons (Fsp3) is 1.00. The van der Waals surface area contributed by atoms with Gasteiger partial charge in [0.2, 0.25) is 0 Å². The van der Waals surface area contributed by atoms with Crippen molar-refractivity contribution < 1.29 is 8.85 Å². The summed E-state index contributed by atoms with van der Waals surface area (Å²) in [5.41, 5.74) is 0.411. The van der Waals surface area contributed by atoms with Gasteiger partial charge in [-0.25, -0.2) is 0 Å². The summed E-state index contributed by atoms with van der Waals surface area (Å²) < 4.78 is 12.7. The van der Waals surface area contributed by atoms with Crippen molar-refractivity contribution in [3.8, 4) is 0 Å². The maximum Gasteiger partial charge on any atom is 0.517 e. The minimum atomic E-state index is -2.61. The Kier molecular flexibility index (Phi) is 7.11. The highest BCUT2D eigenvalue weighted by molar-refractivity contribution is 6.62. The molecule has 0 amide bonds. The molecule has 5 heteroatoms. The third-order valence-electron chi connectivity index (χ3n) is 6.03. The summed E-state index contributed by atoms with van der Waals surface area (Å²) in [5, 5.41) is 0. The molecule has 2 rings (SSSR count). The molecule has 23 heavy (non-hydrogen) atoms. The maximum atomic E-state index is 6.34. The minimum Gasteiger partial charge on any atom is -0.371 e. The molecule has 0 bridgehead atoms. The molecule has 0 unspecified atom stereocenters. The van der Waals surface area contributed by atoms with Crippen molar-refractivity contribution in [3.63, 3.8) is 0 Å². The summed E-state index contributed by atoms with van der Waals surface area (Å²) in [7, 11) is -2.61. The Morgan fingerprint density at radius 1 is 0.696 bits per heavy atom. The van der Waals surface area contributed by atoms with Crippen LogP contribution in [0.2, 0.25) is 0 Å². The van der Waals surface area contributed by atoms with Crippen LogP contribution in [0.4, 0.5) is 0 Å². The van der Waals surface area contributed by atoms with Crippen molar-refractivity contribution in [3.05, 3.63) is 0 Å². The Morgan fingerprint density at radius 3 is 1.30 bits per heavy atom. The van der Waals surface area contributed by atoms with Crippen molar-refractivity contribution >= 4 is 8.88 Å². The van der Waals surface area contributed by atoms with Crippen LogP contribution in [0.5, 0.6) is 0 Å². The molecule has 4 nitrogen and oxygen atoms in total. The maximum absolute atomic E-state index is 6.34.